The van der Waals surface area contributed by atoms with E-state index in [9.17, 15) is 0 Å². The van der Waals surface area contributed by atoms with Gasteiger partial charge in [0.25, 0.3) is 0 Å². The Morgan fingerprint density at radius 2 is 1.45 bits per heavy atom. The molecule has 0 spiro atoms. The van der Waals surface area contributed by atoms with E-state index in [4.69, 9.17) is 4.74 Å². The number of benzene rings is 3. The maximum atomic E-state index is 6.33. The van der Waals surface area contributed by atoms with Crippen molar-refractivity contribution < 1.29 is 4.74 Å². The fraction of sp³-hybridized carbons (Fsp3) is 0.233. The molecule has 0 aliphatic rings. The molecule has 0 N–H and O–H groups in total. The van der Waals surface area contributed by atoms with Crippen molar-refractivity contribution in [3.05, 3.63) is 99.7 Å². The molecule has 0 unspecified atom stereocenters. The number of rotatable bonds is 4. The van der Waals surface area contributed by atoms with Crippen LogP contribution in [0.15, 0.2) is 77.4 Å². The molecular formula is C30H30BrNO. The first kappa shape index (κ1) is 23.3. The van der Waals surface area contributed by atoms with Crippen LogP contribution in [0.25, 0.3) is 22.4 Å². The van der Waals surface area contributed by atoms with Crippen molar-refractivity contribution in [2.45, 2.75) is 47.0 Å². The van der Waals surface area contributed by atoms with Crippen LogP contribution in [-0.2, 0) is 5.41 Å². The molecule has 0 bridgehead atoms. The number of ether oxygens (including phenoxy) is 1. The molecule has 0 saturated heterocycles. The second-order valence-electron chi connectivity index (χ2n) is 9.76. The molecule has 33 heavy (non-hydrogen) atoms. The number of aryl methyl sites for hydroxylation is 3. The van der Waals surface area contributed by atoms with Gasteiger partial charge in [-0.1, -0.05) is 66.5 Å². The number of pyridine rings is 1. The molecule has 0 fully saturated rings. The number of hydrogen-bond acceptors (Lipinski definition) is 2. The van der Waals surface area contributed by atoms with Crippen molar-refractivity contribution in [1.29, 1.82) is 0 Å². The first-order valence-electron chi connectivity index (χ1n) is 11.2. The summed E-state index contributed by atoms with van der Waals surface area (Å²) in [6, 6.07) is 23.1. The Hall–Kier alpha value is -2.91. The summed E-state index contributed by atoms with van der Waals surface area (Å²) < 4.78 is 7.32. The van der Waals surface area contributed by atoms with Gasteiger partial charge in [0.15, 0.2) is 0 Å². The summed E-state index contributed by atoms with van der Waals surface area (Å²) in [6.07, 6.45) is 1.89. The molecule has 0 radical (unpaired) electrons. The van der Waals surface area contributed by atoms with Crippen LogP contribution in [0.4, 0.5) is 0 Å². The average Bonchev–Trinajstić information content (AvgIpc) is 2.72. The number of nitrogens with zero attached hydrogens (tertiary/aromatic N) is 1. The van der Waals surface area contributed by atoms with Crippen LogP contribution in [0.5, 0.6) is 11.5 Å². The third kappa shape index (κ3) is 5.36. The largest absolute Gasteiger partial charge is 0.457 e. The van der Waals surface area contributed by atoms with Gasteiger partial charge in [0.2, 0.25) is 0 Å². The Labute approximate surface area is 205 Å². The topological polar surface area (TPSA) is 22.1 Å². The van der Waals surface area contributed by atoms with Gasteiger partial charge in [0.1, 0.15) is 11.5 Å². The van der Waals surface area contributed by atoms with Crippen LogP contribution in [0.3, 0.4) is 0 Å². The lowest BCUT2D eigenvalue weighted by Gasteiger charge is -2.19. The van der Waals surface area contributed by atoms with Gasteiger partial charge >= 0.3 is 0 Å². The van der Waals surface area contributed by atoms with Crippen LogP contribution >= 0.6 is 15.9 Å². The van der Waals surface area contributed by atoms with Gasteiger partial charge in [-0.05, 0) is 96.5 Å². The highest BCUT2D eigenvalue weighted by Crippen LogP contribution is 2.36. The number of halogens is 1. The third-order valence-corrected chi connectivity index (χ3v) is 6.29. The molecule has 168 valence electrons. The lowest BCUT2D eigenvalue weighted by molar-refractivity contribution is 0.483. The molecule has 1 heterocycles. The van der Waals surface area contributed by atoms with Crippen molar-refractivity contribution in [1.82, 2.24) is 4.98 Å². The van der Waals surface area contributed by atoms with E-state index in [1.807, 2.05) is 24.4 Å². The van der Waals surface area contributed by atoms with E-state index >= 15 is 0 Å². The average molecular weight is 500 g/mol. The monoisotopic (exact) mass is 499 g/mol. The van der Waals surface area contributed by atoms with Crippen LogP contribution in [0, 0.1) is 20.8 Å². The summed E-state index contributed by atoms with van der Waals surface area (Å²) in [6.45, 7) is 13.1. The predicted molar refractivity (Wildman–Crippen MR) is 142 cm³/mol. The number of aromatic nitrogens is 1. The summed E-state index contributed by atoms with van der Waals surface area (Å²) in [5.74, 6) is 1.59. The summed E-state index contributed by atoms with van der Waals surface area (Å²) >= 11 is 3.67. The van der Waals surface area contributed by atoms with E-state index in [2.05, 4.69) is 111 Å². The SMILES string of the molecule is Cc1cc(C)c(-c2cc(Br)cc(Oc3cccc(-c4cc(C(C)(C)C)ccn4)c3)c2)c(C)c1. The minimum atomic E-state index is 0.0742. The second kappa shape index (κ2) is 9.15. The minimum absolute atomic E-state index is 0.0742. The molecule has 0 aliphatic heterocycles. The first-order chi connectivity index (χ1) is 15.6. The van der Waals surface area contributed by atoms with Gasteiger partial charge in [0.05, 0.1) is 5.69 Å². The second-order valence-corrected chi connectivity index (χ2v) is 10.7. The molecule has 4 rings (SSSR count). The summed E-state index contributed by atoms with van der Waals surface area (Å²) in [5.41, 5.74) is 9.54. The van der Waals surface area contributed by atoms with Crippen LogP contribution in [0.1, 0.15) is 43.0 Å². The zero-order valence-corrected chi connectivity index (χ0v) is 21.7. The zero-order chi connectivity index (χ0) is 23.8. The molecule has 0 atom stereocenters. The molecule has 2 nitrogen and oxygen atoms in total. The van der Waals surface area contributed by atoms with E-state index in [0.29, 0.717) is 0 Å². The molecule has 4 aromatic rings. The van der Waals surface area contributed by atoms with E-state index in [1.165, 1.54) is 27.8 Å². The summed E-state index contributed by atoms with van der Waals surface area (Å²) in [5, 5.41) is 0. The van der Waals surface area contributed by atoms with Crippen molar-refractivity contribution in [3.63, 3.8) is 0 Å². The van der Waals surface area contributed by atoms with Gasteiger partial charge in [-0.3, -0.25) is 4.98 Å². The summed E-state index contributed by atoms with van der Waals surface area (Å²) in [7, 11) is 0. The van der Waals surface area contributed by atoms with Crippen molar-refractivity contribution >= 4 is 15.9 Å². The fourth-order valence-corrected chi connectivity index (χ4v) is 4.78. The highest BCUT2D eigenvalue weighted by molar-refractivity contribution is 9.10. The van der Waals surface area contributed by atoms with E-state index in [0.717, 1.165) is 32.8 Å². The smallest absolute Gasteiger partial charge is 0.129 e. The molecule has 3 heteroatoms. The van der Waals surface area contributed by atoms with Gasteiger partial charge in [0, 0.05) is 16.2 Å². The Morgan fingerprint density at radius 1 is 0.758 bits per heavy atom. The fourth-order valence-electron chi connectivity index (χ4n) is 4.31. The van der Waals surface area contributed by atoms with Crippen LogP contribution in [-0.4, -0.2) is 4.98 Å². The predicted octanol–water partition coefficient (Wildman–Crippen LogP) is 9.19. The Bertz CT molecular complexity index is 1290. The zero-order valence-electron chi connectivity index (χ0n) is 20.2. The molecule has 0 amide bonds. The van der Waals surface area contributed by atoms with Crippen molar-refractivity contribution in [2.75, 3.05) is 0 Å². The normalized spacial score (nSPS) is 11.5. The molecule has 3 aromatic carbocycles. The molecule has 0 aliphatic carbocycles. The maximum Gasteiger partial charge on any atom is 0.129 e. The van der Waals surface area contributed by atoms with Gasteiger partial charge in [-0.2, -0.15) is 0 Å². The lowest BCUT2D eigenvalue weighted by atomic mass is 9.87. The van der Waals surface area contributed by atoms with Crippen molar-refractivity contribution in [3.8, 4) is 33.9 Å². The lowest BCUT2D eigenvalue weighted by Crippen LogP contribution is -2.11. The minimum Gasteiger partial charge on any atom is -0.457 e. The standard InChI is InChI=1S/C30H30BrNO/c1-19-12-20(2)29(21(3)13-19)23-14-25(31)18-27(16-23)33-26-9-7-8-22(15-26)28-17-24(10-11-32-28)30(4,5)6/h7-18H,1-6H3. The Kier molecular flexibility index (Phi) is 6.45. The van der Waals surface area contributed by atoms with Crippen molar-refractivity contribution in [2.24, 2.45) is 0 Å². The van der Waals surface area contributed by atoms with Gasteiger partial charge in [-0.25, -0.2) is 0 Å². The summed E-state index contributed by atoms with van der Waals surface area (Å²) in [4.78, 5) is 4.60. The van der Waals surface area contributed by atoms with E-state index in [-0.39, 0.29) is 5.41 Å². The van der Waals surface area contributed by atoms with Crippen LogP contribution in [0.2, 0.25) is 0 Å². The first-order valence-corrected chi connectivity index (χ1v) is 12.0. The number of hydrogen-bond donors (Lipinski definition) is 0. The Balaban J connectivity index is 1.68. The van der Waals surface area contributed by atoms with Crippen LogP contribution < -0.4 is 4.74 Å². The van der Waals surface area contributed by atoms with E-state index < -0.39 is 0 Å². The molecule has 1 aromatic heterocycles. The molecule has 0 saturated carbocycles. The maximum absolute atomic E-state index is 6.33. The third-order valence-electron chi connectivity index (χ3n) is 5.83. The quantitative estimate of drug-likeness (QED) is 0.279. The highest BCUT2D eigenvalue weighted by atomic mass is 79.9. The van der Waals surface area contributed by atoms with Gasteiger partial charge < -0.3 is 4.74 Å². The van der Waals surface area contributed by atoms with Gasteiger partial charge in [-0.15, -0.1) is 0 Å². The Morgan fingerprint density at radius 3 is 2.15 bits per heavy atom. The highest BCUT2D eigenvalue weighted by Gasteiger charge is 2.15. The van der Waals surface area contributed by atoms with E-state index in [1.54, 1.807) is 0 Å². The molecular weight excluding hydrogens is 470 g/mol.